The maximum Gasteiger partial charge on any atom is 0.119 e. The van der Waals surface area contributed by atoms with Gasteiger partial charge in [0.1, 0.15) is 12.4 Å². The number of piperidine rings is 1. The monoisotopic (exact) mass is 220 g/mol. The quantitative estimate of drug-likeness (QED) is 0.736. The molecule has 0 atom stereocenters. The molecule has 0 radical (unpaired) electrons. The van der Waals surface area contributed by atoms with E-state index in [4.69, 9.17) is 4.74 Å². The summed E-state index contributed by atoms with van der Waals surface area (Å²) in [6, 6.07) is 10.6. The zero-order chi connectivity index (χ0) is 11.1. The number of ether oxygens (including phenoxy) is 1. The van der Waals surface area contributed by atoms with Gasteiger partial charge in [-0.25, -0.2) is 0 Å². The van der Waals surface area contributed by atoms with E-state index in [9.17, 15) is 0 Å². The number of nitrogens with one attached hydrogen (secondary N) is 2. The number of hydrogen-bond donors (Lipinski definition) is 2. The van der Waals surface area contributed by atoms with E-state index < -0.39 is 0 Å². The van der Waals surface area contributed by atoms with Crippen molar-refractivity contribution in [3.63, 3.8) is 0 Å². The molecule has 1 aromatic carbocycles. The number of hydrogen-bond acceptors (Lipinski definition) is 3. The average Bonchev–Trinajstić information content (AvgIpc) is 2.37. The van der Waals surface area contributed by atoms with Gasteiger partial charge in [-0.05, 0) is 38.1 Å². The lowest BCUT2D eigenvalue weighted by Crippen LogP contribution is -2.41. The molecule has 0 amide bonds. The van der Waals surface area contributed by atoms with E-state index in [-0.39, 0.29) is 0 Å². The minimum Gasteiger partial charge on any atom is -0.492 e. The molecule has 16 heavy (non-hydrogen) atoms. The van der Waals surface area contributed by atoms with Crippen molar-refractivity contribution in [2.24, 2.45) is 0 Å². The first-order valence-corrected chi connectivity index (χ1v) is 6.07. The molecule has 1 fully saturated rings. The van der Waals surface area contributed by atoms with Crippen molar-refractivity contribution in [1.82, 2.24) is 10.6 Å². The lowest BCUT2D eigenvalue weighted by Gasteiger charge is -2.23. The maximum absolute atomic E-state index is 5.62. The van der Waals surface area contributed by atoms with Crippen LogP contribution in [0.1, 0.15) is 12.8 Å². The van der Waals surface area contributed by atoms with Gasteiger partial charge in [0.15, 0.2) is 0 Å². The van der Waals surface area contributed by atoms with Crippen LogP contribution in [0.5, 0.6) is 5.75 Å². The molecule has 0 aliphatic carbocycles. The Balaban J connectivity index is 1.58. The highest BCUT2D eigenvalue weighted by atomic mass is 16.5. The fourth-order valence-electron chi connectivity index (χ4n) is 1.97. The smallest absolute Gasteiger partial charge is 0.119 e. The van der Waals surface area contributed by atoms with Gasteiger partial charge in [0.2, 0.25) is 0 Å². The third kappa shape index (κ3) is 3.83. The highest BCUT2D eigenvalue weighted by molar-refractivity contribution is 5.20. The molecular formula is C13H20N2O. The Hall–Kier alpha value is -1.06. The van der Waals surface area contributed by atoms with Gasteiger partial charge >= 0.3 is 0 Å². The summed E-state index contributed by atoms with van der Waals surface area (Å²) in [7, 11) is 0. The van der Waals surface area contributed by atoms with Gasteiger partial charge < -0.3 is 15.4 Å². The first-order chi connectivity index (χ1) is 7.95. The SMILES string of the molecule is c1ccc(OCCNC2CCNCC2)cc1. The summed E-state index contributed by atoms with van der Waals surface area (Å²) in [5.74, 6) is 0.953. The topological polar surface area (TPSA) is 33.3 Å². The average molecular weight is 220 g/mol. The Morgan fingerprint density at radius 2 is 1.94 bits per heavy atom. The molecular weight excluding hydrogens is 200 g/mol. The number of benzene rings is 1. The Bertz CT molecular complexity index is 283. The third-order valence-corrected chi connectivity index (χ3v) is 2.89. The van der Waals surface area contributed by atoms with Crippen molar-refractivity contribution in [2.75, 3.05) is 26.2 Å². The lowest BCUT2D eigenvalue weighted by molar-refractivity contribution is 0.292. The second-order valence-electron chi connectivity index (χ2n) is 4.14. The molecule has 0 aromatic heterocycles. The fraction of sp³-hybridized carbons (Fsp3) is 0.538. The van der Waals surface area contributed by atoms with Gasteiger partial charge in [-0.3, -0.25) is 0 Å². The molecule has 1 aromatic rings. The highest BCUT2D eigenvalue weighted by Crippen LogP contribution is 2.07. The van der Waals surface area contributed by atoms with Crippen LogP contribution in [0.3, 0.4) is 0 Å². The Morgan fingerprint density at radius 3 is 2.69 bits per heavy atom. The predicted octanol–water partition coefficient (Wildman–Crippen LogP) is 1.41. The second-order valence-corrected chi connectivity index (χ2v) is 4.14. The summed E-state index contributed by atoms with van der Waals surface area (Å²) in [5, 5.41) is 6.89. The van der Waals surface area contributed by atoms with Crippen molar-refractivity contribution in [2.45, 2.75) is 18.9 Å². The van der Waals surface area contributed by atoms with E-state index >= 15 is 0 Å². The summed E-state index contributed by atoms with van der Waals surface area (Å²) in [5.41, 5.74) is 0. The molecule has 1 aliphatic rings. The first kappa shape index (κ1) is 11.4. The molecule has 2 N–H and O–H groups in total. The van der Waals surface area contributed by atoms with Crippen LogP contribution in [0.4, 0.5) is 0 Å². The largest absolute Gasteiger partial charge is 0.492 e. The number of para-hydroxylation sites is 1. The first-order valence-electron chi connectivity index (χ1n) is 6.07. The Labute approximate surface area is 97.2 Å². The van der Waals surface area contributed by atoms with E-state index in [2.05, 4.69) is 10.6 Å². The zero-order valence-corrected chi connectivity index (χ0v) is 9.61. The molecule has 0 saturated carbocycles. The van der Waals surface area contributed by atoms with E-state index in [0.29, 0.717) is 6.04 Å². The fourth-order valence-corrected chi connectivity index (χ4v) is 1.97. The van der Waals surface area contributed by atoms with E-state index in [0.717, 1.165) is 32.0 Å². The third-order valence-electron chi connectivity index (χ3n) is 2.89. The van der Waals surface area contributed by atoms with Crippen LogP contribution in [0, 0.1) is 0 Å². The van der Waals surface area contributed by atoms with Crippen LogP contribution in [0.25, 0.3) is 0 Å². The molecule has 2 rings (SSSR count). The van der Waals surface area contributed by atoms with Crippen LogP contribution in [-0.4, -0.2) is 32.3 Å². The molecule has 1 saturated heterocycles. The standard InChI is InChI=1S/C13H20N2O/c1-2-4-13(5-3-1)16-11-10-15-12-6-8-14-9-7-12/h1-5,12,14-15H,6-11H2. The van der Waals surface area contributed by atoms with Crippen molar-refractivity contribution < 1.29 is 4.74 Å². The molecule has 88 valence electrons. The van der Waals surface area contributed by atoms with Crippen molar-refractivity contribution in [3.05, 3.63) is 30.3 Å². The summed E-state index contributed by atoms with van der Waals surface area (Å²) in [6.45, 7) is 3.95. The Morgan fingerprint density at radius 1 is 1.19 bits per heavy atom. The van der Waals surface area contributed by atoms with Gasteiger partial charge in [-0.2, -0.15) is 0 Å². The lowest BCUT2D eigenvalue weighted by atomic mass is 10.1. The van der Waals surface area contributed by atoms with Crippen LogP contribution >= 0.6 is 0 Å². The van der Waals surface area contributed by atoms with Crippen molar-refractivity contribution >= 4 is 0 Å². The highest BCUT2D eigenvalue weighted by Gasteiger charge is 2.11. The number of rotatable bonds is 5. The molecule has 0 spiro atoms. The van der Waals surface area contributed by atoms with Gasteiger partial charge in [0, 0.05) is 12.6 Å². The van der Waals surface area contributed by atoms with Crippen LogP contribution < -0.4 is 15.4 Å². The molecule has 3 nitrogen and oxygen atoms in total. The second kappa shape index (κ2) is 6.51. The summed E-state index contributed by atoms with van der Waals surface area (Å²) in [6.07, 6.45) is 2.46. The van der Waals surface area contributed by atoms with Crippen LogP contribution in [0.2, 0.25) is 0 Å². The minimum absolute atomic E-state index is 0.667. The molecule has 1 heterocycles. The summed E-state index contributed by atoms with van der Waals surface area (Å²) >= 11 is 0. The molecule has 3 heteroatoms. The normalized spacial score (nSPS) is 17.2. The van der Waals surface area contributed by atoms with E-state index in [1.54, 1.807) is 0 Å². The van der Waals surface area contributed by atoms with Gasteiger partial charge in [-0.1, -0.05) is 18.2 Å². The van der Waals surface area contributed by atoms with Gasteiger partial charge in [-0.15, -0.1) is 0 Å². The predicted molar refractivity (Wildman–Crippen MR) is 65.8 cm³/mol. The van der Waals surface area contributed by atoms with E-state index in [1.807, 2.05) is 30.3 Å². The summed E-state index contributed by atoms with van der Waals surface area (Å²) in [4.78, 5) is 0. The maximum atomic E-state index is 5.62. The zero-order valence-electron chi connectivity index (χ0n) is 9.61. The van der Waals surface area contributed by atoms with Crippen molar-refractivity contribution in [1.29, 1.82) is 0 Å². The molecule has 0 bridgehead atoms. The van der Waals surface area contributed by atoms with Crippen molar-refractivity contribution in [3.8, 4) is 5.75 Å². The minimum atomic E-state index is 0.667. The van der Waals surface area contributed by atoms with Crippen LogP contribution in [0.15, 0.2) is 30.3 Å². The molecule has 0 unspecified atom stereocenters. The van der Waals surface area contributed by atoms with Gasteiger partial charge in [0.25, 0.3) is 0 Å². The summed E-state index contributed by atoms with van der Waals surface area (Å²) < 4.78 is 5.62. The molecule has 1 aliphatic heterocycles. The van der Waals surface area contributed by atoms with E-state index in [1.165, 1.54) is 12.8 Å². The van der Waals surface area contributed by atoms with Crippen LogP contribution in [-0.2, 0) is 0 Å². The Kier molecular flexibility index (Phi) is 4.65. The van der Waals surface area contributed by atoms with Gasteiger partial charge in [0.05, 0.1) is 0 Å².